The minimum atomic E-state index is -0.154. The van der Waals surface area contributed by atoms with Gasteiger partial charge in [0.1, 0.15) is 6.61 Å². The average molecular weight is 306 g/mol. The van der Waals surface area contributed by atoms with Gasteiger partial charge in [0.05, 0.1) is 11.3 Å². The lowest BCUT2D eigenvalue weighted by molar-refractivity contribution is 0.173. The zero-order valence-corrected chi connectivity index (χ0v) is 13.4. The Morgan fingerprint density at radius 2 is 1.65 bits per heavy atom. The molecule has 2 aromatic rings. The van der Waals surface area contributed by atoms with Crippen molar-refractivity contribution < 1.29 is 4.84 Å². The van der Waals surface area contributed by atoms with Crippen LogP contribution in [0.25, 0.3) is 0 Å². The zero-order valence-electron chi connectivity index (χ0n) is 13.4. The number of benzene rings is 2. The second kappa shape index (κ2) is 5.82. The smallest absolute Gasteiger partial charge is 0.122 e. The summed E-state index contributed by atoms with van der Waals surface area (Å²) in [4.78, 5) is 5.31. The van der Waals surface area contributed by atoms with Crippen molar-refractivity contribution in [3.05, 3.63) is 71.8 Å². The minimum absolute atomic E-state index is 0.154. The molecule has 0 unspecified atom stereocenters. The Labute approximate surface area is 137 Å². The molecule has 4 rings (SSSR count). The average Bonchev–Trinajstić information content (AvgIpc) is 3.25. The lowest BCUT2D eigenvalue weighted by atomic mass is 9.71. The van der Waals surface area contributed by atoms with Gasteiger partial charge >= 0.3 is 0 Å². The summed E-state index contributed by atoms with van der Waals surface area (Å²) in [6.07, 6.45) is 0.911. The molecule has 2 aromatic carbocycles. The molecule has 0 saturated carbocycles. The van der Waals surface area contributed by atoms with E-state index in [4.69, 9.17) is 4.84 Å². The molecule has 1 fully saturated rings. The fraction of sp³-hybridized carbons (Fsp3) is 0.350. The van der Waals surface area contributed by atoms with Gasteiger partial charge in [0.2, 0.25) is 0 Å². The van der Waals surface area contributed by atoms with Crippen LogP contribution in [-0.4, -0.2) is 24.4 Å². The van der Waals surface area contributed by atoms with Gasteiger partial charge in [0.25, 0.3) is 0 Å². The molecule has 1 saturated heterocycles. The van der Waals surface area contributed by atoms with Crippen LogP contribution in [0.2, 0.25) is 0 Å². The van der Waals surface area contributed by atoms with Crippen molar-refractivity contribution in [1.82, 2.24) is 5.32 Å². The van der Waals surface area contributed by atoms with Crippen LogP contribution in [0.5, 0.6) is 0 Å². The van der Waals surface area contributed by atoms with Crippen LogP contribution in [0.15, 0.2) is 65.8 Å². The molecule has 0 aromatic heterocycles. The number of hydrogen-bond donors (Lipinski definition) is 1. The Hall–Kier alpha value is -2.13. The van der Waals surface area contributed by atoms with Gasteiger partial charge < -0.3 is 10.2 Å². The molecule has 3 nitrogen and oxygen atoms in total. The summed E-state index contributed by atoms with van der Waals surface area (Å²) in [5, 5.41) is 8.11. The maximum Gasteiger partial charge on any atom is 0.122 e. The maximum atomic E-state index is 5.31. The molecule has 0 aliphatic carbocycles. The van der Waals surface area contributed by atoms with Gasteiger partial charge in [-0.3, -0.25) is 0 Å². The minimum Gasteiger partial charge on any atom is -0.395 e. The summed E-state index contributed by atoms with van der Waals surface area (Å²) in [7, 11) is 0. The second-order valence-corrected chi connectivity index (χ2v) is 6.61. The van der Waals surface area contributed by atoms with Crippen LogP contribution in [0.3, 0.4) is 0 Å². The highest BCUT2D eigenvalue weighted by Gasteiger charge is 2.50. The number of oxime groups is 1. The molecule has 0 amide bonds. The van der Waals surface area contributed by atoms with Gasteiger partial charge in [-0.2, -0.15) is 0 Å². The topological polar surface area (TPSA) is 33.6 Å². The van der Waals surface area contributed by atoms with Gasteiger partial charge in [-0.15, -0.1) is 0 Å². The molecule has 0 bridgehead atoms. The van der Waals surface area contributed by atoms with Crippen molar-refractivity contribution >= 4 is 5.71 Å². The van der Waals surface area contributed by atoms with Gasteiger partial charge in [-0.05, 0) is 18.1 Å². The summed E-state index contributed by atoms with van der Waals surface area (Å²) in [5.74, 6) is 0.790. The summed E-state index contributed by atoms with van der Waals surface area (Å²) < 4.78 is 0. The van der Waals surface area contributed by atoms with Crippen LogP contribution >= 0.6 is 0 Å². The lowest BCUT2D eigenvalue weighted by Crippen LogP contribution is -2.48. The first-order valence-electron chi connectivity index (χ1n) is 8.33. The molecule has 1 N–H and O–H groups in total. The van der Waals surface area contributed by atoms with E-state index in [1.165, 1.54) is 11.1 Å². The molecule has 118 valence electrons. The van der Waals surface area contributed by atoms with Crippen LogP contribution in [0.1, 0.15) is 36.3 Å². The second-order valence-electron chi connectivity index (χ2n) is 6.61. The quantitative estimate of drug-likeness (QED) is 0.938. The van der Waals surface area contributed by atoms with Gasteiger partial charge in [0.15, 0.2) is 0 Å². The molecule has 2 heterocycles. The third-order valence-electron chi connectivity index (χ3n) is 5.30. The molecule has 0 radical (unpaired) electrons. The molecule has 3 heteroatoms. The number of nitrogens with one attached hydrogen (secondary N) is 1. The van der Waals surface area contributed by atoms with Crippen molar-refractivity contribution in [3.8, 4) is 0 Å². The van der Waals surface area contributed by atoms with E-state index in [9.17, 15) is 0 Å². The first kappa shape index (κ1) is 14.5. The Morgan fingerprint density at radius 3 is 2.26 bits per heavy atom. The van der Waals surface area contributed by atoms with Gasteiger partial charge in [-0.25, -0.2) is 0 Å². The largest absolute Gasteiger partial charge is 0.395 e. The lowest BCUT2D eigenvalue weighted by Gasteiger charge is -2.34. The molecule has 3 atom stereocenters. The van der Waals surface area contributed by atoms with E-state index in [0.717, 1.165) is 18.7 Å². The molecule has 2 aliphatic rings. The number of hydrogen-bond acceptors (Lipinski definition) is 3. The van der Waals surface area contributed by atoms with E-state index >= 15 is 0 Å². The molecule has 23 heavy (non-hydrogen) atoms. The van der Waals surface area contributed by atoms with Crippen molar-refractivity contribution in [3.63, 3.8) is 0 Å². The summed E-state index contributed by atoms with van der Waals surface area (Å²) in [6.45, 7) is 3.93. The first-order chi connectivity index (χ1) is 11.3. The third kappa shape index (κ3) is 2.45. The molecular weight excluding hydrogens is 284 g/mol. The Balaban J connectivity index is 1.79. The number of rotatable bonds is 3. The maximum absolute atomic E-state index is 5.31. The summed E-state index contributed by atoms with van der Waals surface area (Å²) in [5.41, 5.74) is 3.74. The van der Waals surface area contributed by atoms with Crippen molar-refractivity contribution in [2.24, 2.45) is 5.16 Å². The summed E-state index contributed by atoms with van der Waals surface area (Å²) >= 11 is 0. The highest BCUT2D eigenvalue weighted by molar-refractivity contribution is 5.95. The Kier molecular flexibility index (Phi) is 3.66. The van der Waals surface area contributed by atoms with E-state index in [2.05, 4.69) is 78.1 Å². The normalized spacial score (nSPS) is 30.0. The standard InChI is InChI=1S/C20H22N2O/c1-20(18-12-13-23-22-18)19(16-10-6-3-7-11-16)17(14-21-20)15-8-4-2-5-9-15/h2-11,17,19,21H,12-14H2,1H3/t17-,19-,20-/m1/s1. The molecular formula is C20H22N2O. The highest BCUT2D eigenvalue weighted by Crippen LogP contribution is 2.46. The van der Waals surface area contributed by atoms with Crippen molar-refractivity contribution in [1.29, 1.82) is 0 Å². The Bertz CT molecular complexity index is 698. The fourth-order valence-electron chi connectivity index (χ4n) is 4.14. The van der Waals surface area contributed by atoms with Crippen LogP contribution in [0, 0.1) is 0 Å². The van der Waals surface area contributed by atoms with Gasteiger partial charge in [-0.1, -0.05) is 65.8 Å². The Morgan fingerprint density at radius 1 is 1.00 bits per heavy atom. The monoisotopic (exact) mass is 306 g/mol. The first-order valence-corrected chi connectivity index (χ1v) is 8.33. The fourth-order valence-corrected chi connectivity index (χ4v) is 4.14. The zero-order chi connectivity index (χ0) is 15.7. The van der Waals surface area contributed by atoms with Gasteiger partial charge in [0, 0.05) is 24.8 Å². The molecule has 0 spiro atoms. The van der Waals surface area contributed by atoms with Crippen LogP contribution < -0.4 is 5.32 Å². The van der Waals surface area contributed by atoms with Crippen molar-refractivity contribution in [2.45, 2.75) is 30.7 Å². The molecule has 2 aliphatic heterocycles. The predicted molar refractivity (Wildman–Crippen MR) is 92.8 cm³/mol. The van der Waals surface area contributed by atoms with E-state index in [1.807, 2.05) is 0 Å². The third-order valence-corrected chi connectivity index (χ3v) is 5.30. The van der Waals surface area contributed by atoms with E-state index in [-0.39, 0.29) is 5.54 Å². The van der Waals surface area contributed by atoms with Crippen LogP contribution in [0.4, 0.5) is 0 Å². The number of nitrogens with zero attached hydrogens (tertiary/aromatic N) is 1. The van der Waals surface area contributed by atoms with E-state index in [1.54, 1.807) is 0 Å². The van der Waals surface area contributed by atoms with Crippen molar-refractivity contribution in [2.75, 3.05) is 13.2 Å². The SMILES string of the molecule is C[C@]1(C2=NOCC2)NC[C@H](c2ccccc2)[C@H]1c1ccccc1. The van der Waals surface area contributed by atoms with E-state index in [0.29, 0.717) is 18.4 Å². The van der Waals surface area contributed by atoms with E-state index < -0.39 is 0 Å². The predicted octanol–water partition coefficient (Wildman–Crippen LogP) is 3.69. The summed E-state index contributed by atoms with van der Waals surface area (Å²) in [6, 6.07) is 21.6. The van der Waals surface area contributed by atoms with Crippen LogP contribution in [-0.2, 0) is 4.84 Å². The highest BCUT2D eigenvalue weighted by atomic mass is 16.6.